The second kappa shape index (κ2) is 19.5. The number of fused-ring (bicyclic) bond motifs is 4. The standard InChI is InChI=1S/C25H24Cl2FN3O5.C24H24Cl2FN3O4/c1-36-20(32)10-9-19-23(31(34)35)21(15-3-2-4-17(27)22(15)28)25(30(19)12-13-5-6-13)16-8-7-14(26)11-18(16)29-24(25)33;25-14-8-9-16-18(11-14)28-23(32)24(16)20(15-3-1-4-17(26)21(15)27)22(30(33)34)19(5-2-10-31)29(24)12-13-6-7-13/h2-4,7-8,11,13,19,21,23H,5-6,9-10,12H2,1H3,(H,29,33);1,3-4,8-9,11,13,19-20,22,31H,2,5-7,10,12H2,(H,28,32)/t19-,21-,23+,25+;19-,20-,22+,24+/m00/s1. The predicted octanol–water partition coefficient (Wildman–Crippen LogP) is 9.33. The maximum atomic E-state index is 15.6. The number of carbonyl (C=O) groups excluding carboxylic acids is 3. The van der Waals surface area contributed by atoms with Crippen LogP contribution in [0, 0.1) is 43.7 Å². The van der Waals surface area contributed by atoms with Crippen molar-refractivity contribution in [3.8, 4) is 0 Å². The monoisotopic (exact) mass is 1040 g/mol. The Morgan fingerprint density at radius 2 is 1.16 bits per heavy atom. The van der Waals surface area contributed by atoms with Crippen LogP contribution in [0.4, 0.5) is 20.2 Å². The lowest BCUT2D eigenvalue weighted by Crippen LogP contribution is -2.52. The first kappa shape index (κ1) is 50.0. The Morgan fingerprint density at radius 1 is 0.729 bits per heavy atom. The lowest BCUT2D eigenvalue weighted by molar-refractivity contribution is -0.528. The number of methoxy groups -OCH3 is 1. The minimum atomic E-state index is -1.59. The summed E-state index contributed by atoms with van der Waals surface area (Å²) in [4.78, 5) is 68.2. The number of halogens is 6. The van der Waals surface area contributed by atoms with Crippen LogP contribution in [0.25, 0.3) is 0 Å². The predicted molar refractivity (Wildman–Crippen MR) is 257 cm³/mol. The highest BCUT2D eigenvalue weighted by Gasteiger charge is 2.73. The SMILES string of the molecule is COC(=O)CC[C@H]1[C@@H]([N+](=O)[O-])[C@H](c2cccc(Cl)c2F)[C@]2(C(=O)Nc3cc(Cl)ccc32)N1CC1CC1.O=C1Nc2cc(Cl)ccc2[C@@]12[C@@H](c1cccc(Cl)c1F)[C@H]([N+](=O)[O-])[C@H](CCCO)N2CC1CC1. The van der Waals surface area contributed by atoms with Gasteiger partial charge in [0.2, 0.25) is 12.1 Å². The molecule has 4 fully saturated rings. The van der Waals surface area contributed by atoms with Crippen molar-refractivity contribution >= 4 is 75.6 Å². The highest BCUT2D eigenvalue weighted by Crippen LogP contribution is 2.62. The maximum Gasteiger partial charge on any atom is 0.305 e. The molecule has 6 aliphatic rings. The van der Waals surface area contributed by atoms with Gasteiger partial charge in [0.05, 0.1) is 41.1 Å². The number of carbonyl (C=O) groups is 3. The van der Waals surface area contributed by atoms with Gasteiger partial charge in [-0.05, 0) is 93.2 Å². The molecule has 2 amide bonds. The average molecular weight is 1040 g/mol. The second-order valence-electron chi connectivity index (χ2n) is 18.9. The number of hydrogen-bond donors (Lipinski definition) is 3. The zero-order valence-corrected chi connectivity index (χ0v) is 40.6. The van der Waals surface area contributed by atoms with E-state index in [1.807, 2.05) is 9.80 Å². The van der Waals surface area contributed by atoms with E-state index >= 15 is 8.78 Å². The third-order valence-electron chi connectivity index (χ3n) is 15.0. The van der Waals surface area contributed by atoms with E-state index in [4.69, 9.17) is 51.1 Å². The summed E-state index contributed by atoms with van der Waals surface area (Å²) in [7, 11) is 1.25. The summed E-state index contributed by atoms with van der Waals surface area (Å²) < 4.78 is 35.9. The first-order valence-electron chi connectivity index (χ1n) is 23.1. The van der Waals surface area contributed by atoms with Crippen molar-refractivity contribution in [2.24, 2.45) is 11.8 Å². The third kappa shape index (κ3) is 8.38. The van der Waals surface area contributed by atoms with Crippen molar-refractivity contribution in [1.82, 2.24) is 9.80 Å². The highest BCUT2D eigenvalue weighted by molar-refractivity contribution is 6.32. The molecular weight excluding hydrogens is 996 g/mol. The summed E-state index contributed by atoms with van der Waals surface area (Å²) in [6.07, 6.45) is 4.39. The van der Waals surface area contributed by atoms with E-state index in [9.17, 15) is 39.7 Å². The summed E-state index contributed by atoms with van der Waals surface area (Å²) in [5.41, 5.74) is -1.13. The fourth-order valence-corrected chi connectivity index (χ4v) is 12.6. The van der Waals surface area contributed by atoms with Crippen molar-refractivity contribution in [1.29, 1.82) is 0 Å². The van der Waals surface area contributed by atoms with E-state index in [1.165, 1.54) is 37.4 Å². The van der Waals surface area contributed by atoms with Gasteiger partial charge in [0.15, 0.2) is 0 Å². The largest absolute Gasteiger partial charge is 0.469 e. The van der Waals surface area contributed by atoms with Crippen LogP contribution in [0.15, 0.2) is 72.8 Å². The van der Waals surface area contributed by atoms with Crippen molar-refractivity contribution in [2.45, 2.75) is 98.4 Å². The molecule has 0 unspecified atom stereocenters. The fraction of sp³-hybridized carbons (Fsp3) is 0.449. The van der Waals surface area contributed by atoms with Crippen LogP contribution in [-0.2, 0) is 30.2 Å². The van der Waals surface area contributed by atoms with E-state index in [0.717, 1.165) is 25.7 Å². The number of aliphatic hydroxyl groups is 1. The molecule has 4 aliphatic heterocycles. The smallest absolute Gasteiger partial charge is 0.305 e. The summed E-state index contributed by atoms with van der Waals surface area (Å²) in [5, 5.41) is 41.1. The van der Waals surface area contributed by atoms with Gasteiger partial charge in [0.1, 0.15) is 22.7 Å². The molecule has 4 aromatic rings. The van der Waals surface area contributed by atoms with Crippen LogP contribution >= 0.6 is 46.4 Å². The number of nitrogens with zero attached hydrogens (tertiary/aromatic N) is 4. The quantitative estimate of drug-likeness (QED) is 0.0618. The third-order valence-corrected chi connectivity index (χ3v) is 16.1. The number of amides is 2. The molecule has 2 saturated carbocycles. The van der Waals surface area contributed by atoms with Gasteiger partial charge in [-0.2, -0.15) is 0 Å². The molecule has 3 N–H and O–H groups in total. The van der Waals surface area contributed by atoms with Gasteiger partial charge >= 0.3 is 5.97 Å². The normalized spacial score (nSPS) is 27.8. The molecule has 2 spiro atoms. The van der Waals surface area contributed by atoms with E-state index in [-0.39, 0.29) is 46.5 Å². The number of anilines is 2. The molecule has 10 rings (SSSR count). The first-order chi connectivity index (χ1) is 33.5. The van der Waals surface area contributed by atoms with Gasteiger partial charge in [-0.1, -0.05) is 82.8 Å². The van der Waals surface area contributed by atoms with Gasteiger partial charge in [-0.25, -0.2) is 8.78 Å². The molecule has 4 heterocycles. The van der Waals surface area contributed by atoms with E-state index in [0.29, 0.717) is 64.4 Å². The van der Waals surface area contributed by atoms with Crippen LogP contribution in [0.2, 0.25) is 20.1 Å². The highest BCUT2D eigenvalue weighted by atomic mass is 35.5. The first-order valence-corrected chi connectivity index (χ1v) is 24.6. The van der Waals surface area contributed by atoms with Gasteiger partial charge in [0, 0.05) is 79.6 Å². The minimum absolute atomic E-state index is 0.0106. The Balaban J connectivity index is 0.000000174. The van der Waals surface area contributed by atoms with Crippen LogP contribution in [-0.4, -0.2) is 93.5 Å². The Morgan fingerprint density at radius 3 is 1.54 bits per heavy atom. The Labute approximate surface area is 421 Å². The summed E-state index contributed by atoms with van der Waals surface area (Å²) >= 11 is 24.6. The number of likely N-dealkylation sites (tertiary alicyclic amines) is 2. The van der Waals surface area contributed by atoms with Gasteiger partial charge in [-0.3, -0.25) is 44.4 Å². The zero-order valence-electron chi connectivity index (χ0n) is 37.6. The zero-order chi connectivity index (χ0) is 50.0. The average Bonchev–Trinajstić information content (AvgIpc) is 4.24. The lowest BCUT2D eigenvalue weighted by Gasteiger charge is -2.39. The minimum Gasteiger partial charge on any atom is -0.469 e. The fourth-order valence-electron chi connectivity index (χ4n) is 11.9. The topological polar surface area (TPSA) is 197 Å². The van der Waals surface area contributed by atoms with Crippen LogP contribution in [0.1, 0.15) is 85.5 Å². The summed E-state index contributed by atoms with van der Waals surface area (Å²) in [6, 6.07) is 14.4. The van der Waals surface area contributed by atoms with Crippen molar-refractivity contribution in [3.63, 3.8) is 0 Å². The van der Waals surface area contributed by atoms with Crippen molar-refractivity contribution in [2.75, 3.05) is 37.4 Å². The molecule has 4 aromatic carbocycles. The maximum absolute atomic E-state index is 15.6. The molecule has 21 heteroatoms. The van der Waals surface area contributed by atoms with Gasteiger partial charge < -0.3 is 20.5 Å². The molecule has 0 bridgehead atoms. The molecule has 15 nitrogen and oxygen atoms in total. The van der Waals surface area contributed by atoms with Gasteiger partial charge in [0.25, 0.3) is 11.8 Å². The number of hydrogen-bond acceptors (Lipinski definition) is 11. The number of ether oxygens (including phenoxy) is 1. The molecule has 370 valence electrons. The number of benzene rings is 4. The Hall–Kier alpha value is -5.01. The van der Waals surface area contributed by atoms with E-state index in [2.05, 4.69) is 10.6 Å². The molecule has 2 aliphatic carbocycles. The molecular formula is C49H48Cl4F2N6O9. The van der Waals surface area contributed by atoms with Crippen molar-refractivity contribution in [3.05, 3.63) is 147 Å². The van der Waals surface area contributed by atoms with Crippen molar-refractivity contribution < 1.29 is 42.9 Å². The number of nitro groups is 2. The Kier molecular flexibility index (Phi) is 13.9. The lowest BCUT2D eigenvalue weighted by atomic mass is 9.73. The summed E-state index contributed by atoms with van der Waals surface area (Å²) in [6.45, 7) is 0.721. The Bertz CT molecular complexity index is 2790. The molecule has 8 atom stereocenters. The number of aliphatic hydroxyl groups excluding tert-OH is 1. The number of rotatable bonds is 14. The van der Waals surface area contributed by atoms with Gasteiger partial charge in [-0.15, -0.1) is 0 Å². The second-order valence-corrected chi connectivity index (χ2v) is 20.6. The number of nitrogens with one attached hydrogen (secondary N) is 2. The molecule has 70 heavy (non-hydrogen) atoms. The molecule has 0 radical (unpaired) electrons. The van der Waals surface area contributed by atoms with E-state index in [1.54, 1.807) is 42.5 Å². The molecule has 0 aromatic heterocycles. The van der Waals surface area contributed by atoms with Crippen LogP contribution in [0.5, 0.6) is 0 Å². The van der Waals surface area contributed by atoms with E-state index < -0.39 is 86.3 Å². The van der Waals surface area contributed by atoms with Crippen LogP contribution in [0.3, 0.4) is 0 Å². The number of esters is 1. The molecule has 2 saturated heterocycles. The van der Waals surface area contributed by atoms with Crippen LogP contribution < -0.4 is 10.6 Å². The summed E-state index contributed by atoms with van der Waals surface area (Å²) in [5.74, 6) is -4.81.